The first kappa shape index (κ1) is 18.6. The van der Waals surface area contributed by atoms with Crippen LogP contribution in [0.1, 0.15) is 24.8 Å². The SMILES string of the molecule is CC(c1c[nH]c2ccccc12)[C@H]1NC(=O)[C@H](CCSc2ccccc2)NC1=O. The average Bonchev–Trinajstić information content (AvgIpc) is 3.15. The van der Waals surface area contributed by atoms with Crippen molar-refractivity contribution in [2.24, 2.45) is 0 Å². The van der Waals surface area contributed by atoms with Crippen LogP contribution >= 0.6 is 11.8 Å². The molecule has 2 heterocycles. The van der Waals surface area contributed by atoms with Crippen molar-refractivity contribution < 1.29 is 9.59 Å². The molecule has 0 aliphatic carbocycles. The summed E-state index contributed by atoms with van der Waals surface area (Å²) < 4.78 is 0. The lowest BCUT2D eigenvalue weighted by Gasteiger charge is -2.32. The van der Waals surface area contributed by atoms with Crippen LogP contribution in [-0.2, 0) is 9.59 Å². The summed E-state index contributed by atoms with van der Waals surface area (Å²) in [5.41, 5.74) is 2.07. The number of carbonyl (C=O) groups is 2. The molecule has 0 saturated carbocycles. The van der Waals surface area contributed by atoms with E-state index in [1.165, 1.54) is 0 Å². The number of hydrogen-bond acceptors (Lipinski definition) is 3. The number of rotatable bonds is 6. The van der Waals surface area contributed by atoms with Crippen LogP contribution in [0.15, 0.2) is 65.7 Å². The molecule has 2 aromatic carbocycles. The maximum atomic E-state index is 12.7. The molecule has 3 N–H and O–H groups in total. The maximum absolute atomic E-state index is 12.7. The molecule has 1 fully saturated rings. The number of amides is 2. The lowest BCUT2D eigenvalue weighted by Crippen LogP contribution is -2.63. The van der Waals surface area contributed by atoms with Crippen LogP contribution in [0.25, 0.3) is 10.9 Å². The minimum atomic E-state index is -0.565. The molecule has 0 spiro atoms. The van der Waals surface area contributed by atoms with Gasteiger partial charge in [-0.2, -0.15) is 0 Å². The number of aromatic amines is 1. The molecule has 1 aromatic heterocycles. The van der Waals surface area contributed by atoms with E-state index in [-0.39, 0.29) is 17.7 Å². The number of fused-ring (bicyclic) bond motifs is 1. The highest BCUT2D eigenvalue weighted by Crippen LogP contribution is 2.29. The van der Waals surface area contributed by atoms with Crippen LogP contribution in [0.3, 0.4) is 0 Å². The van der Waals surface area contributed by atoms with Gasteiger partial charge in [0.2, 0.25) is 11.8 Å². The summed E-state index contributed by atoms with van der Waals surface area (Å²) in [6.07, 6.45) is 2.53. The third-order valence-corrected chi connectivity index (χ3v) is 6.29. The van der Waals surface area contributed by atoms with Crippen molar-refractivity contribution in [2.45, 2.75) is 36.2 Å². The normalized spacial score (nSPS) is 20.6. The Morgan fingerprint density at radius 2 is 1.71 bits per heavy atom. The van der Waals surface area contributed by atoms with Gasteiger partial charge in [-0.05, 0) is 30.2 Å². The molecule has 0 radical (unpaired) electrons. The van der Waals surface area contributed by atoms with Gasteiger partial charge in [0.25, 0.3) is 0 Å². The van der Waals surface area contributed by atoms with Gasteiger partial charge in [-0.3, -0.25) is 9.59 Å². The molecule has 28 heavy (non-hydrogen) atoms. The van der Waals surface area contributed by atoms with Crippen molar-refractivity contribution in [1.29, 1.82) is 0 Å². The first-order valence-corrected chi connectivity index (χ1v) is 10.5. The standard InChI is InChI=1S/C22H23N3O2S/c1-14(17-13-23-18-10-6-5-9-16(17)18)20-22(27)24-19(21(26)25-20)11-12-28-15-7-3-2-4-8-15/h2-10,13-14,19-20,23H,11-12H2,1H3,(H,24,27)(H,25,26)/t14?,19-,20+/m0/s1. The van der Waals surface area contributed by atoms with Crippen LogP contribution < -0.4 is 10.6 Å². The molecule has 1 unspecified atom stereocenters. The minimum absolute atomic E-state index is 0.107. The van der Waals surface area contributed by atoms with Crippen molar-refractivity contribution >= 4 is 34.5 Å². The summed E-state index contributed by atoms with van der Waals surface area (Å²) in [6.45, 7) is 1.98. The third-order valence-electron chi connectivity index (χ3n) is 5.24. The summed E-state index contributed by atoms with van der Waals surface area (Å²) in [7, 11) is 0. The summed E-state index contributed by atoms with van der Waals surface area (Å²) in [6, 6.07) is 17.0. The Morgan fingerprint density at radius 1 is 0.964 bits per heavy atom. The van der Waals surface area contributed by atoms with E-state index in [1.54, 1.807) is 11.8 Å². The summed E-state index contributed by atoms with van der Waals surface area (Å²) in [5, 5.41) is 6.94. The monoisotopic (exact) mass is 393 g/mol. The fourth-order valence-electron chi connectivity index (χ4n) is 3.66. The maximum Gasteiger partial charge on any atom is 0.243 e. The third kappa shape index (κ3) is 3.78. The van der Waals surface area contributed by atoms with E-state index in [4.69, 9.17) is 0 Å². The zero-order chi connectivity index (χ0) is 19.5. The average molecular weight is 394 g/mol. The van der Waals surface area contributed by atoms with E-state index in [0.717, 1.165) is 27.1 Å². The first-order valence-electron chi connectivity index (χ1n) is 9.48. The van der Waals surface area contributed by atoms with Gasteiger partial charge in [-0.15, -0.1) is 11.8 Å². The number of aromatic nitrogens is 1. The van der Waals surface area contributed by atoms with E-state index < -0.39 is 12.1 Å². The van der Waals surface area contributed by atoms with E-state index in [2.05, 4.69) is 15.6 Å². The molecular weight excluding hydrogens is 370 g/mol. The molecule has 1 saturated heterocycles. The van der Waals surface area contributed by atoms with Crippen LogP contribution in [-0.4, -0.2) is 34.6 Å². The number of benzene rings is 2. The second kappa shape index (κ2) is 8.10. The van der Waals surface area contributed by atoms with Crippen molar-refractivity contribution in [3.63, 3.8) is 0 Å². The summed E-state index contributed by atoms with van der Waals surface area (Å²) in [4.78, 5) is 29.7. The van der Waals surface area contributed by atoms with Crippen LogP contribution in [0.5, 0.6) is 0 Å². The molecule has 6 heteroatoms. The molecule has 2 amide bonds. The minimum Gasteiger partial charge on any atom is -0.361 e. The molecule has 1 aliphatic heterocycles. The van der Waals surface area contributed by atoms with Gasteiger partial charge in [-0.1, -0.05) is 43.3 Å². The topological polar surface area (TPSA) is 74.0 Å². The van der Waals surface area contributed by atoms with Crippen molar-refractivity contribution in [3.8, 4) is 0 Å². The lowest BCUT2D eigenvalue weighted by atomic mass is 9.90. The number of para-hydroxylation sites is 1. The second-order valence-electron chi connectivity index (χ2n) is 7.08. The van der Waals surface area contributed by atoms with E-state index in [1.807, 2.05) is 67.7 Å². The molecule has 3 aromatic rings. The zero-order valence-corrected chi connectivity index (χ0v) is 16.5. The largest absolute Gasteiger partial charge is 0.361 e. The molecule has 5 nitrogen and oxygen atoms in total. The number of nitrogens with one attached hydrogen (secondary N) is 3. The Kier molecular flexibility index (Phi) is 5.39. The van der Waals surface area contributed by atoms with Gasteiger partial charge in [0.1, 0.15) is 12.1 Å². The highest BCUT2D eigenvalue weighted by Gasteiger charge is 2.37. The molecule has 0 bridgehead atoms. The Hall–Kier alpha value is -2.73. The van der Waals surface area contributed by atoms with Gasteiger partial charge in [0.15, 0.2) is 0 Å². The Balaban J connectivity index is 1.39. The zero-order valence-electron chi connectivity index (χ0n) is 15.6. The van der Waals surface area contributed by atoms with E-state index >= 15 is 0 Å². The van der Waals surface area contributed by atoms with Gasteiger partial charge in [-0.25, -0.2) is 0 Å². The fourth-order valence-corrected chi connectivity index (χ4v) is 4.60. The molecule has 1 aliphatic rings. The number of thioether (sulfide) groups is 1. The van der Waals surface area contributed by atoms with Crippen molar-refractivity contribution in [1.82, 2.24) is 15.6 Å². The number of carbonyl (C=O) groups excluding carboxylic acids is 2. The van der Waals surface area contributed by atoms with Gasteiger partial charge in [0.05, 0.1) is 0 Å². The van der Waals surface area contributed by atoms with Gasteiger partial charge in [0, 0.05) is 33.7 Å². The van der Waals surface area contributed by atoms with Gasteiger partial charge >= 0.3 is 0 Å². The fraction of sp³-hybridized carbons (Fsp3) is 0.273. The lowest BCUT2D eigenvalue weighted by molar-refractivity contribution is -0.137. The van der Waals surface area contributed by atoms with Crippen molar-refractivity contribution in [2.75, 3.05) is 5.75 Å². The molecule has 4 rings (SSSR count). The molecular formula is C22H23N3O2S. The highest BCUT2D eigenvalue weighted by atomic mass is 32.2. The summed E-state index contributed by atoms with van der Waals surface area (Å²) in [5.74, 6) is 0.419. The van der Waals surface area contributed by atoms with Crippen LogP contribution in [0, 0.1) is 0 Å². The first-order chi connectivity index (χ1) is 13.6. The second-order valence-corrected chi connectivity index (χ2v) is 8.24. The summed E-state index contributed by atoms with van der Waals surface area (Å²) >= 11 is 1.69. The molecule has 3 atom stereocenters. The number of H-pyrrole nitrogens is 1. The Labute approximate surface area is 168 Å². The number of hydrogen-bond donors (Lipinski definition) is 3. The predicted molar refractivity (Wildman–Crippen MR) is 112 cm³/mol. The quantitative estimate of drug-likeness (QED) is 0.562. The predicted octanol–water partition coefficient (Wildman–Crippen LogP) is 3.44. The van der Waals surface area contributed by atoms with Crippen LogP contribution in [0.2, 0.25) is 0 Å². The van der Waals surface area contributed by atoms with Gasteiger partial charge < -0.3 is 15.6 Å². The molecule has 144 valence electrons. The van der Waals surface area contributed by atoms with Crippen molar-refractivity contribution in [3.05, 3.63) is 66.4 Å². The Morgan fingerprint density at radius 3 is 2.54 bits per heavy atom. The Bertz CT molecular complexity index is 986. The van der Waals surface area contributed by atoms with E-state index in [0.29, 0.717) is 6.42 Å². The highest BCUT2D eigenvalue weighted by molar-refractivity contribution is 7.99. The van der Waals surface area contributed by atoms with E-state index in [9.17, 15) is 9.59 Å². The smallest absolute Gasteiger partial charge is 0.243 e. The van der Waals surface area contributed by atoms with Crippen LogP contribution in [0.4, 0.5) is 0 Å². The number of piperazine rings is 1.